The Balaban J connectivity index is 2.02. The van der Waals surface area contributed by atoms with Gasteiger partial charge in [0.2, 0.25) is 0 Å². The van der Waals surface area contributed by atoms with E-state index in [2.05, 4.69) is 11.9 Å². The molecule has 0 atom stereocenters. The Morgan fingerprint density at radius 2 is 1.89 bits per heavy atom. The summed E-state index contributed by atoms with van der Waals surface area (Å²) in [7, 11) is 0. The Morgan fingerprint density at radius 1 is 1.17 bits per heavy atom. The molecule has 0 unspecified atom stereocenters. The van der Waals surface area contributed by atoms with Crippen molar-refractivity contribution in [2.24, 2.45) is 0 Å². The lowest BCUT2D eigenvalue weighted by molar-refractivity contribution is 0.618. The van der Waals surface area contributed by atoms with Crippen LogP contribution in [-0.2, 0) is 0 Å². The van der Waals surface area contributed by atoms with E-state index in [1.165, 1.54) is 6.07 Å². The van der Waals surface area contributed by atoms with E-state index in [0.29, 0.717) is 12.1 Å². The second kappa shape index (κ2) is 5.50. The molecular weight excluding hydrogens is 225 g/mol. The number of halogens is 1. The molecule has 0 radical (unpaired) electrons. The van der Waals surface area contributed by atoms with Crippen molar-refractivity contribution in [3.05, 3.63) is 72.1 Å². The molecule has 92 valence electrons. The van der Waals surface area contributed by atoms with Crippen LogP contribution in [-0.4, -0.2) is 6.54 Å². The number of hydrogen-bond acceptors (Lipinski definition) is 1. The first kappa shape index (κ1) is 12.4. The molecule has 2 aromatic rings. The molecule has 0 saturated heterocycles. The molecule has 0 bridgehead atoms. The highest BCUT2D eigenvalue weighted by Gasteiger charge is 2.02. The van der Waals surface area contributed by atoms with Crippen LogP contribution in [0.25, 0.3) is 5.57 Å². The first-order valence-electron chi connectivity index (χ1n) is 5.90. The van der Waals surface area contributed by atoms with E-state index in [9.17, 15) is 4.39 Å². The minimum Gasteiger partial charge on any atom is -0.381 e. The fourth-order valence-corrected chi connectivity index (χ4v) is 1.73. The maximum absolute atomic E-state index is 13.2. The van der Waals surface area contributed by atoms with Gasteiger partial charge in [-0.25, -0.2) is 4.39 Å². The van der Waals surface area contributed by atoms with Gasteiger partial charge in [-0.1, -0.05) is 30.8 Å². The number of anilines is 1. The van der Waals surface area contributed by atoms with Crippen LogP contribution in [0.1, 0.15) is 11.1 Å². The van der Waals surface area contributed by atoms with E-state index in [4.69, 9.17) is 0 Å². The second-order valence-corrected chi connectivity index (χ2v) is 4.29. The monoisotopic (exact) mass is 241 g/mol. The molecule has 0 heterocycles. The van der Waals surface area contributed by atoms with Crippen molar-refractivity contribution in [3.8, 4) is 0 Å². The molecule has 0 spiro atoms. The van der Waals surface area contributed by atoms with E-state index >= 15 is 0 Å². The normalized spacial score (nSPS) is 10.1. The largest absolute Gasteiger partial charge is 0.381 e. The maximum Gasteiger partial charge on any atom is 0.126 e. The smallest absolute Gasteiger partial charge is 0.126 e. The maximum atomic E-state index is 13.2. The third-order valence-electron chi connectivity index (χ3n) is 2.85. The topological polar surface area (TPSA) is 12.0 Å². The average molecular weight is 241 g/mol. The summed E-state index contributed by atoms with van der Waals surface area (Å²) < 4.78 is 13.2. The van der Waals surface area contributed by atoms with E-state index in [1.807, 2.05) is 36.4 Å². The lowest BCUT2D eigenvalue weighted by atomic mass is 10.0. The van der Waals surface area contributed by atoms with Gasteiger partial charge >= 0.3 is 0 Å². The van der Waals surface area contributed by atoms with Gasteiger partial charge in [-0.15, -0.1) is 0 Å². The predicted octanol–water partition coefficient (Wildman–Crippen LogP) is 4.26. The van der Waals surface area contributed by atoms with Gasteiger partial charge in [-0.05, 0) is 47.9 Å². The van der Waals surface area contributed by atoms with Crippen LogP contribution in [0.15, 0.2) is 55.1 Å². The van der Waals surface area contributed by atoms with E-state index in [-0.39, 0.29) is 5.82 Å². The average Bonchev–Trinajstić information content (AvgIpc) is 2.40. The van der Waals surface area contributed by atoms with Crippen LogP contribution < -0.4 is 5.32 Å². The summed E-state index contributed by atoms with van der Waals surface area (Å²) in [6.07, 6.45) is 0. The number of para-hydroxylation sites is 1. The summed E-state index contributed by atoms with van der Waals surface area (Å²) in [6.45, 7) is 6.43. The highest BCUT2D eigenvalue weighted by molar-refractivity contribution is 5.68. The highest BCUT2D eigenvalue weighted by Crippen LogP contribution is 2.17. The number of hydrogen-bond donors (Lipinski definition) is 1. The number of rotatable bonds is 4. The Bertz CT molecular complexity index is 546. The minimum atomic E-state index is -0.178. The molecule has 0 saturated carbocycles. The molecule has 2 heteroatoms. The standard InChI is InChI=1S/C16H16FN/c1-12-10-14(8-9-16(12)17)13(2)11-18-15-6-4-3-5-7-15/h3-10,18H,2,11H2,1H3. The molecule has 0 aliphatic carbocycles. The summed E-state index contributed by atoms with van der Waals surface area (Å²) in [5, 5.41) is 3.28. The summed E-state index contributed by atoms with van der Waals surface area (Å²) in [5.41, 5.74) is 3.62. The number of nitrogens with one attached hydrogen (secondary N) is 1. The zero-order valence-corrected chi connectivity index (χ0v) is 10.4. The van der Waals surface area contributed by atoms with E-state index < -0.39 is 0 Å². The van der Waals surface area contributed by atoms with Crippen molar-refractivity contribution in [2.75, 3.05) is 11.9 Å². The van der Waals surface area contributed by atoms with E-state index in [0.717, 1.165) is 16.8 Å². The molecule has 2 aromatic carbocycles. The van der Waals surface area contributed by atoms with Gasteiger partial charge in [0.25, 0.3) is 0 Å². The van der Waals surface area contributed by atoms with Crippen molar-refractivity contribution in [1.29, 1.82) is 0 Å². The Kier molecular flexibility index (Phi) is 3.78. The van der Waals surface area contributed by atoms with Crippen LogP contribution >= 0.6 is 0 Å². The van der Waals surface area contributed by atoms with Crippen molar-refractivity contribution in [2.45, 2.75) is 6.92 Å². The number of benzene rings is 2. The Morgan fingerprint density at radius 3 is 2.56 bits per heavy atom. The Hall–Kier alpha value is -2.09. The molecule has 1 nitrogen and oxygen atoms in total. The third-order valence-corrected chi connectivity index (χ3v) is 2.85. The van der Waals surface area contributed by atoms with Crippen LogP contribution in [0.5, 0.6) is 0 Å². The van der Waals surface area contributed by atoms with Gasteiger partial charge in [0.1, 0.15) is 5.82 Å². The summed E-state index contributed by atoms with van der Waals surface area (Å²) in [6, 6.07) is 15.0. The molecule has 0 fully saturated rings. The zero-order valence-electron chi connectivity index (χ0n) is 10.4. The molecule has 0 aliphatic heterocycles. The molecule has 2 rings (SSSR count). The van der Waals surface area contributed by atoms with Crippen molar-refractivity contribution >= 4 is 11.3 Å². The molecule has 0 aliphatic rings. The summed E-state index contributed by atoms with van der Waals surface area (Å²) in [5.74, 6) is -0.178. The second-order valence-electron chi connectivity index (χ2n) is 4.29. The molecule has 18 heavy (non-hydrogen) atoms. The fraction of sp³-hybridized carbons (Fsp3) is 0.125. The van der Waals surface area contributed by atoms with Crippen LogP contribution in [0.3, 0.4) is 0 Å². The first-order valence-corrected chi connectivity index (χ1v) is 5.90. The highest BCUT2D eigenvalue weighted by atomic mass is 19.1. The van der Waals surface area contributed by atoms with Gasteiger partial charge in [0, 0.05) is 12.2 Å². The van der Waals surface area contributed by atoms with Crippen LogP contribution in [0.2, 0.25) is 0 Å². The molecule has 0 amide bonds. The molecule has 0 aromatic heterocycles. The van der Waals surface area contributed by atoms with Gasteiger partial charge in [-0.2, -0.15) is 0 Å². The summed E-state index contributed by atoms with van der Waals surface area (Å²) in [4.78, 5) is 0. The minimum absolute atomic E-state index is 0.178. The third kappa shape index (κ3) is 2.98. The van der Waals surface area contributed by atoms with Crippen LogP contribution in [0, 0.1) is 12.7 Å². The van der Waals surface area contributed by atoms with Crippen molar-refractivity contribution in [1.82, 2.24) is 0 Å². The van der Waals surface area contributed by atoms with Crippen molar-refractivity contribution in [3.63, 3.8) is 0 Å². The summed E-state index contributed by atoms with van der Waals surface area (Å²) >= 11 is 0. The molecular formula is C16H16FN. The van der Waals surface area contributed by atoms with Crippen molar-refractivity contribution < 1.29 is 4.39 Å². The van der Waals surface area contributed by atoms with Gasteiger partial charge < -0.3 is 5.32 Å². The van der Waals surface area contributed by atoms with Gasteiger partial charge in [0.15, 0.2) is 0 Å². The zero-order chi connectivity index (χ0) is 13.0. The SMILES string of the molecule is C=C(CNc1ccccc1)c1ccc(F)c(C)c1. The van der Waals surface area contributed by atoms with E-state index in [1.54, 1.807) is 13.0 Å². The predicted molar refractivity (Wildman–Crippen MR) is 75.1 cm³/mol. The lowest BCUT2D eigenvalue weighted by Crippen LogP contribution is -2.03. The fourth-order valence-electron chi connectivity index (χ4n) is 1.73. The van der Waals surface area contributed by atoms with Gasteiger partial charge in [-0.3, -0.25) is 0 Å². The van der Waals surface area contributed by atoms with Crippen LogP contribution in [0.4, 0.5) is 10.1 Å². The molecule has 1 N–H and O–H groups in total. The Labute approximate surface area is 107 Å². The lowest BCUT2D eigenvalue weighted by Gasteiger charge is -2.10. The first-order chi connectivity index (χ1) is 8.66. The number of aryl methyl sites for hydroxylation is 1. The van der Waals surface area contributed by atoms with Gasteiger partial charge in [0.05, 0.1) is 0 Å². The quantitative estimate of drug-likeness (QED) is 0.843.